The summed E-state index contributed by atoms with van der Waals surface area (Å²) in [6, 6.07) is 11.9. The van der Waals surface area contributed by atoms with Crippen LogP contribution in [0, 0.1) is 5.82 Å². The summed E-state index contributed by atoms with van der Waals surface area (Å²) >= 11 is 0. The van der Waals surface area contributed by atoms with E-state index < -0.39 is 0 Å². The zero-order valence-corrected chi connectivity index (χ0v) is 16.8. The summed E-state index contributed by atoms with van der Waals surface area (Å²) in [5.41, 5.74) is 7.41. The predicted molar refractivity (Wildman–Crippen MR) is 109 cm³/mol. The molecule has 2 aromatic rings. The van der Waals surface area contributed by atoms with Gasteiger partial charge in [0.2, 0.25) is 5.91 Å². The molecule has 0 radical (unpaired) electrons. The SMILES string of the molecule is COC(CN)CC(=O)N(CCc1ccccn1)Cc1ccc(F)cc1.Cl.Cl. The molecule has 8 heteroatoms. The molecule has 2 rings (SSSR count). The molecule has 1 atom stereocenters. The van der Waals surface area contributed by atoms with Crippen LogP contribution in [0.25, 0.3) is 0 Å². The maximum atomic E-state index is 13.1. The molecule has 0 bridgehead atoms. The van der Waals surface area contributed by atoms with Crippen LogP contribution in [0.1, 0.15) is 17.7 Å². The van der Waals surface area contributed by atoms with Crippen molar-refractivity contribution in [1.82, 2.24) is 9.88 Å². The number of benzene rings is 1. The van der Waals surface area contributed by atoms with Crippen LogP contribution < -0.4 is 5.73 Å². The number of ether oxygens (including phenoxy) is 1. The fraction of sp³-hybridized carbons (Fsp3) is 0.368. The number of rotatable bonds is 9. The lowest BCUT2D eigenvalue weighted by Crippen LogP contribution is -2.37. The Hall–Kier alpha value is -1.73. The van der Waals surface area contributed by atoms with Crippen molar-refractivity contribution < 1.29 is 13.9 Å². The quantitative estimate of drug-likeness (QED) is 0.680. The largest absolute Gasteiger partial charge is 0.380 e. The summed E-state index contributed by atoms with van der Waals surface area (Å²) in [5.74, 6) is -0.338. The molecule has 2 N–H and O–H groups in total. The Morgan fingerprint density at radius 3 is 2.48 bits per heavy atom. The number of carbonyl (C=O) groups is 1. The van der Waals surface area contributed by atoms with Crippen LogP contribution in [0.5, 0.6) is 0 Å². The number of amides is 1. The molecule has 1 heterocycles. The fourth-order valence-corrected chi connectivity index (χ4v) is 2.48. The van der Waals surface area contributed by atoms with Gasteiger partial charge in [0, 0.05) is 45.1 Å². The number of nitrogens with two attached hydrogens (primary N) is 1. The lowest BCUT2D eigenvalue weighted by atomic mass is 10.1. The van der Waals surface area contributed by atoms with Gasteiger partial charge in [0.15, 0.2) is 0 Å². The van der Waals surface area contributed by atoms with Crippen LogP contribution in [0.3, 0.4) is 0 Å². The highest BCUT2D eigenvalue weighted by molar-refractivity contribution is 5.85. The zero-order valence-electron chi connectivity index (χ0n) is 15.2. The van der Waals surface area contributed by atoms with Crippen molar-refractivity contribution >= 4 is 30.7 Å². The maximum absolute atomic E-state index is 13.1. The van der Waals surface area contributed by atoms with Gasteiger partial charge in [0.25, 0.3) is 0 Å². The van der Waals surface area contributed by atoms with Gasteiger partial charge in [-0.3, -0.25) is 9.78 Å². The molecule has 1 amide bonds. The van der Waals surface area contributed by atoms with E-state index in [-0.39, 0.29) is 55.6 Å². The second-order valence-electron chi connectivity index (χ2n) is 5.81. The minimum absolute atomic E-state index is 0. The number of pyridine rings is 1. The van der Waals surface area contributed by atoms with Gasteiger partial charge in [-0.1, -0.05) is 18.2 Å². The molecule has 0 saturated carbocycles. The van der Waals surface area contributed by atoms with Gasteiger partial charge < -0.3 is 15.4 Å². The Kier molecular flexibility index (Phi) is 12.6. The van der Waals surface area contributed by atoms with Crippen LogP contribution >= 0.6 is 24.8 Å². The Morgan fingerprint density at radius 2 is 1.93 bits per heavy atom. The summed E-state index contributed by atoms with van der Waals surface area (Å²) in [6.07, 6.45) is 2.29. The number of carbonyl (C=O) groups excluding carboxylic acids is 1. The van der Waals surface area contributed by atoms with Crippen molar-refractivity contribution in [3.05, 3.63) is 65.7 Å². The van der Waals surface area contributed by atoms with Gasteiger partial charge in [-0.05, 0) is 29.8 Å². The van der Waals surface area contributed by atoms with E-state index >= 15 is 0 Å². The summed E-state index contributed by atoms with van der Waals surface area (Å²) in [6.45, 7) is 1.22. The third kappa shape index (κ3) is 8.67. The van der Waals surface area contributed by atoms with E-state index in [1.807, 2.05) is 18.2 Å². The standard InChI is InChI=1S/C19H24FN3O2.2ClH/c1-25-18(13-21)12-19(24)23(11-9-17-4-2-3-10-22-17)14-15-5-7-16(20)8-6-15;;/h2-8,10,18H,9,11-14,21H2,1H3;2*1H. The highest BCUT2D eigenvalue weighted by atomic mass is 35.5. The Labute approximate surface area is 171 Å². The average molecular weight is 418 g/mol. The van der Waals surface area contributed by atoms with Crippen LogP contribution in [0.15, 0.2) is 48.7 Å². The average Bonchev–Trinajstić information content (AvgIpc) is 2.65. The topological polar surface area (TPSA) is 68.5 Å². The molecule has 1 aromatic heterocycles. The highest BCUT2D eigenvalue weighted by Crippen LogP contribution is 2.11. The number of aromatic nitrogens is 1. The van der Waals surface area contributed by atoms with E-state index in [0.717, 1.165) is 11.3 Å². The molecule has 0 fully saturated rings. The van der Waals surface area contributed by atoms with Crippen molar-refractivity contribution in [1.29, 1.82) is 0 Å². The molecule has 0 aliphatic carbocycles. The summed E-state index contributed by atoms with van der Waals surface area (Å²) < 4.78 is 18.3. The lowest BCUT2D eigenvalue weighted by Gasteiger charge is -2.25. The monoisotopic (exact) mass is 417 g/mol. The highest BCUT2D eigenvalue weighted by Gasteiger charge is 2.19. The lowest BCUT2D eigenvalue weighted by molar-refractivity contribution is -0.134. The molecule has 1 aromatic carbocycles. The molecule has 0 aliphatic heterocycles. The van der Waals surface area contributed by atoms with Crippen LogP contribution in [-0.2, 0) is 22.5 Å². The first-order chi connectivity index (χ1) is 12.1. The number of hydrogen-bond donors (Lipinski definition) is 1. The predicted octanol–water partition coefficient (Wildman–Crippen LogP) is 3.00. The van der Waals surface area contributed by atoms with Crippen molar-refractivity contribution in [2.75, 3.05) is 20.2 Å². The first-order valence-corrected chi connectivity index (χ1v) is 8.27. The number of halogens is 3. The summed E-state index contributed by atoms with van der Waals surface area (Å²) in [7, 11) is 1.54. The Morgan fingerprint density at radius 1 is 1.22 bits per heavy atom. The fourth-order valence-electron chi connectivity index (χ4n) is 2.48. The van der Waals surface area contributed by atoms with Crippen molar-refractivity contribution in [2.45, 2.75) is 25.5 Å². The molecule has 0 aliphatic rings. The van der Waals surface area contributed by atoms with Gasteiger partial charge >= 0.3 is 0 Å². The number of nitrogens with zero attached hydrogens (tertiary/aromatic N) is 2. The van der Waals surface area contributed by atoms with Gasteiger partial charge in [-0.25, -0.2) is 4.39 Å². The van der Waals surface area contributed by atoms with Crippen molar-refractivity contribution in [3.63, 3.8) is 0 Å². The van der Waals surface area contributed by atoms with E-state index in [2.05, 4.69) is 4.98 Å². The first-order valence-electron chi connectivity index (χ1n) is 8.27. The van der Waals surface area contributed by atoms with Crippen molar-refractivity contribution in [2.24, 2.45) is 5.73 Å². The van der Waals surface area contributed by atoms with Crippen molar-refractivity contribution in [3.8, 4) is 0 Å². The minimum Gasteiger partial charge on any atom is -0.380 e. The summed E-state index contributed by atoms with van der Waals surface area (Å²) in [4.78, 5) is 18.7. The second-order valence-corrected chi connectivity index (χ2v) is 5.81. The first kappa shape index (κ1) is 25.3. The van der Waals surface area contributed by atoms with E-state index in [0.29, 0.717) is 19.5 Å². The molecule has 0 spiro atoms. The normalized spacial score (nSPS) is 11.1. The third-order valence-corrected chi connectivity index (χ3v) is 4.00. The van der Waals surface area contributed by atoms with E-state index in [4.69, 9.17) is 10.5 Å². The minimum atomic E-state index is -0.307. The van der Waals surface area contributed by atoms with Gasteiger partial charge in [0.1, 0.15) is 5.82 Å². The van der Waals surface area contributed by atoms with Gasteiger partial charge in [-0.2, -0.15) is 0 Å². The van der Waals surface area contributed by atoms with Crippen LogP contribution in [0.4, 0.5) is 4.39 Å². The molecule has 1 unspecified atom stereocenters. The third-order valence-electron chi connectivity index (χ3n) is 4.00. The molecular formula is C19H26Cl2FN3O2. The Balaban J connectivity index is 0.00000338. The molecule has 5 nitrogen and oxygen atoms in total. The van der Waals surface area contributed by atoms with E-state index in [1.54, 1.807) is 30.3 Å². The van der Waals surface area contributed by atoms with Gasteiger partial charge in [-0.15, -0.1) is 24.8 Å². The van der Waals surface area contributed by atoms with Crippen LogP contribution in [-0.4, -0.2) is 42.1 Å². The molecule has 27 heavy (non-hydrogen) atoms. The second kappa shape index (κ2) is 13.4. The Bertz CT molecular complexity index is 656. The molecule has 150 valence electrons. The number of methoxy groups -OCH3 is 1. The summed E-state index contributed by atoms with van der Waals surface area (Å²) in [5, 5.41) is 0. The zero-order chi connectivity index (χ0) is 18.1. The van der Waals surface area contributed by atoms with Crippen LogP contribution in [0.2, 0.25) is 0 Å². The van der Waals surface area contributed by atoms with E-state index in [1.165, 1.54) is 12.1 Å². The van der Waals surface area contributed by atoms with E-state index in [9.17, 15) is 9.18 Å². The maximum Gasteiger partial charge on any atom is 0.225 e. The molecule has 0 saturated heterocycles. The number of hydrogen-bond acceptors (Lipinski definition) is 4. The smallest absolute Gasteiger partial charge is 0.225 e. The molecular weight excluding hydrogens is 392 g/mol. The van der Waals surface area contributed by atoms with Gasteiger partial charge in [0.05, 0.1) is 12.5 Å².